The lowest BCUT2D eigenvalue weighted by Crippen LogP contribution is -2.44. The number of carbonyl (C=O) groups is 1. The Morgan fingerprint density at radius 2 is 1.73 bits per heavy atom. The molecule has 0 bridgehead atoms. The Morgan fingerprint density at radius 3 is 2.18 bits per heavy atom. The summed E-state index contributed by atoms with van der Waals surface area (Å²) in [7, 11) is 0.592. The number of benzene rings is 1. The summed E-state index contributed by atoms with van der Waals surface area (Å²) in [4.78, 5) is 13.4. The van der Waals surface area contributed by atoms with E-state index in [1.165, 1.54) is 6.92 Å². The van der Waals surface area contributed by atoms with E-state index in [9.17, 15) is 13.2 Å². The molecule has 1 fully saturated rings. The molecule has 0 unspecified atom stereocenters. The average molecular weight is 325 g/mol. The number of anilines is 1. The molecule has 1 saturated heterocycles. The van der Waals surface area contributed by atoms with E-state index in [0.29, 0.717) is 24.8 Å². The minimum atomic E-state index is -3.45. The summed E-state index contributed by atoms with van der Waals surface area (Å²) in [6.07, 6.45) is 1.69. The molecule has 1 amide bonds. The van der Waals surface area contributed by atoms with E-state index in [-0.39, 0.29) is 10.8 Å². The summed E-state index contributed by atoms with van der Waals surface area (Å²) in [5.74, 6) is -0.179. The SMILES string of the molecule is CC(=O)Nc1ccc(S(=O)(=O)N2CCC(N(C)C)CC2)cc1. The van der Waals surface area contributed by atoms with Crippen molar-refractivity contribution < 1.29 is 13.2 Å². The van der Waals surface area contributed by atoms with Gasteiger partial charge in [0.2, 0.25) is 15.9 Å². The summed E-state index contributed by atoms with van der Waals surface area (Å²) in [6.45, 7) is 2.50. The van der Waals surface area contributed by atoms with Crippen molar-refractivity contribution in [1.82, 2.24) is 9.21 Å². The molecule has 1 aromatic carbocycles. The summed E-state index contributed by atoms with van der Waals surface area (Å²) >= 11 is 0. The van der Waals surface area contributed by atoms with Crippen molar-refractivity contribution in [1.29, 1.82) is 0 Å². The number of amides is 1. The fourth-order valence-corrected chi connectivity index (χ4v) is 4.13. The Hall–Kier alpha value is -1.44. The van der Waals surface area contributed by atoms with Crippen LogP contribution in [-0.4, -0.2) is 56.8 Å². The number of hydrogen-bond acceptors (Lipinski definition) is 4. The molecular formula is C15H23N3O3S. The molecule has 0 spiro atoms. The molecule has 0 saturated carbocycles. The quantitative estimate of drug-likeness (QED) is 0.907. The van der Waals surface area contributed by atoms with E-state index >= 15 is 0 Å². The van der Waals surface area contributed by atoms with E-state index in [0.717, 1.165) is 12.8 Å². The number of sulfonamides is 1. The number of nitrogens with zero attached hydrogens (tertiary/aromatic N) is 2. The fraction of sp³-hybridized carbons (Fsp3) is 0.533. The van der Waals surface area contributed by atoms with Gasteiger partial charge in [0.1, 0.15) is 0 Å². The Labute approximate surface area is 132 Å². The molecule has 7 heteroatoms. The minimum Gasteiger partial charge on any atom is -0.326 e. The highest BCUT2D eigenvalue weighted by Crippen LogP contribution is 2.23. The summed E-state index contributed by atoms with van der Waals surface area (Å²) in [5.41, 5.74) is 0.595. The van der Waals surface area contributed by atoms with Gasteiger partial charge >= 0.3 is 0 Å². The van der Waals surface area contributed by atoms with Gasteiger partial charge in [0.15, 0.2) is 0 Å². The minimum absolute atomic E-state index is 0.179. The van der Waals surface area contributed by atoms with Crippen LogP contribution in [0, 0.1) is 0 Å². The molecule has 1 N–H and O–H groups in total. The van der Waals surface area contributed by atoms with Crippen LogP contribution >= 0.6 is 0 Å². The van der Waals surface area contributed by atoms with Gasteiger partial charge in [-0.25, -0.2) is 8.42 Å². The number of rotatable bonds is 4. The molecule has 1 aliphatic heterocycles. The zero-order valence-electron chi connectivity index (χ0n) is 13.2. The molecule has 1 heterocycles. The van der Waals surface area contributed by atoms with E-state index in [4.69, 9.17) is 0 Å². The van der Waals surface area contributed by atoms with Crippen LogP contribution in [0.25, 0.3) is 0 Å². The van der Waals surface area contributed by atoms with Crippen LogP contribution in [0.1, 0.15) is 19.8 Å². The second-order valence-electron chi connectivity index (χ2n) is 5.80. The first-order valence-corrected chi connectivity index (χ1v) is 8.79. The van der Waals surface area contributed by atoms with Crippen LogP contribution in [0.3, 0.4) is 0 Å². The fourth-order valence-electron chi connectivity index (χ4n) is 2.66. The molecule has 1 aliphatic rings. The maximum absolute atomic E-state index is 12.6. The maximum atomic E-state index is 12.6. The van der Waals surface area contributed by atoms with Crippen molar-refractivity contribution in [2.45, 2.75) is 30.7 Å². The van der Waals surface area contributed by atoms with Crippen LogP contribution in [0.2, 0.25) is 0 Å². The average Bonchev–Trinajstić information content (AvgIpc) is 2.47. The third kappa shape index (κ3) is 3.85. The van der Waals surface area contributed by atoms with Gasteiger partial charge < -0.3 is 10.2 Å². The van der Waals surface area contributed by atoms with E-state index in [1.807, 2.05) is 14.1 Å². The third-order valence-electron chi connectivity index (χ3n) is 3.97. The van der Waals surface area contributed by atoms with Crippen molar-refractivity contribution in [3.8, 4) is 0 Å². The summed E-state index contributed by atoms with van der Waals surface area (Å²) in [5, 5.41) is 2.63. The lowest BCUT2D eigenvalue weighted by Gasteiger charge is -2.34. The predicted molar refractivity (Wildman–Crippen MR) is 86.2 cm³/mol. The van der Waals surface area contributed by atoms with Gasteiger partial charge in [-0.15, -0.1) is 0 Å². The lowest BCUT2D eigenvalue weighted by molar-refractivity contribution is -0.114. The highest BCUT2D eigenvalue weighted by atomic mass is 32.2. The molecule has 6 nitrogen and oxygen atoms in total. The van der Waals surface area contributed by atoms with Gasteiger partial charge in [-0.05, 0) is 51.2 Å². The Kier molecular flexibility index (Phi) is 5.20. The predicted octanol–water partition coefficient (Wildman–Crippen LogP) is 1.36. The highest BCUT2D eigenvalue weighted by molar-refractivity contribution is 7.89. The van der Waals surface area contributed by atoms with Crippen LogP contribution in [0.5, 0.6) is 0 Å². The Balaban J connectivity index is 2.09. The van der Waals surface area contributed by atoms with E-state index in [1.54, 1.807) is 28.6 Å². The second kappa shape index (κ2) is 6.76. The van der Waals surface area contributed by atoms with E-state index < -0.39 is 10.0 Å². The molecule has 0 atom stereocenters. The molecule has 0 aromatic heterocycles. The first-order valence-electron chi connectivity index (χ1n) is 7.35. The lowest BCUT2D eigenvalue weighted by atomic mass is 10.1. The highest BCUT2D eigenvalue weighted by Gasteiger charge is 2.29. The molecular weight excluding hydrogens is 302 g/mol. The zero-order valence-corrected chi connectivity index (χ0v) is 14.1. The van der Waals surface area contributed by atoms with Gasteiger partial charge in [-0.1, -0.05) is 0 Å². The zero-order chi connectivity index (χ0) is 16.3. The Morgan fingerprint density at radius 1 is 1.18 bits per heavy atom. The first kappa shape index (κ1) is 16.9. The van der Waals surface area contributed by atoms with Crippen LogP contribution < -0.4 is 5.32 Å². The third-order valence-corrected chi connectivity index (χ3v) is 5.88. The van der Waals surface area contributed by atoms with Crippen LogP contribution in [0.15, 0.2) is 29.2 Å². The van der Waals surface area contributed by atoms with Gasteiger partial charge in [0.05, 0.1) is 4.90 Å². The number of carbonyl (C=O) groups excluding carboxylic acids is 1. The van der Waals surface area contributed by atoms with Crippen molar-refractivity contribution in [2.75, 3.05) is 32.5 Å². The second-order valence-corrected chi connectivity index (χ2v) is 7.74. The van der Waals surface area contributed by atoms with Crippen molar-refractivity contribution in [2.24, 2.45) is 0 Å². The molecule has 0 aliphatic carbocycles. The topological polar surface area (TPSA) is 69.7 Å². The molecule has 0 radical (unpaired) electrons. The van der Waals surface area contributed by atoms with Gasteiger partial charge in [-0.3, -0.25) is 4.79 Å². The standard InChI is InChI=1S/C15H23N3O3S/c1-12(19)16-13-4-6-15(7-5-13)22(20,21)18-10-8-14(9-11-18)17(2)3/h4-7,14H,8-11H2,1-3H3,(H,16,19). The van der Waals surface area contributed by atoms with Crippen LogP contribution in [-0.2, 0) is 14.8 Å². The molecule has 122 valence electrons. The summed E-state index contributed by atoms with van der Waals surface area (Å²) in [6, 6.07) is 6.74. The summed E-state index contributed by atoms with van der Waals surface area (Å²) < 4.78 is 26.8. The number of hydrogen-bond donors (Lipinski definition) is 1. The van der Waals surface area contributed by atoms with Crippen molar-refractivity contribution >= 4 is 21.6 Å². The van der Waals surface area contributed by atoms with E-state index in [2.05, 4.69) is 10.2 Å². The number of piperidine rings is 1. The van der Waals surface area contributed by atoms with Crippen molar-refractivity contribution in [3.63, 3.8) is 0 Å². The van der Waals surface area contributed by atoms with Gasteiger partial charge in [0, 0.05) is 31.7 Å². The van der Waals surface area contributed by atoms with Gasteiger partial charge in [0.25, 0.3) is 0 Å². The normalized spacial score (nSPS) is 17.6. The molecule has 22 heavy (non-hydrogen) atoms. The first-order chi connectivity index (χ1) is 10.3. The van der Waals surface area contributed by atoms with Crippen molar-refractivity contribution in [3.05, 3.63) is 24.3 Å². The number of nitrogens with one attached hydrogen (secondary N) is 1. The maximum Gasteiger partial charge on any atom is 0.243 e. The molecule has 1 aromatic rings. The smallest absolute Gasteiger partial charge is 0.243 e. The molecule has 2 rings (SSSR count). The largest absolute Gasteiger partial charge is 0.326 e. The van der Waals surface area contributed by atoms with Gasteiger partial charge in [-0.2, -0.15) is 4.31 Å². The Bertz CT molecular complexity index is 618. The van der Waals surface area contributed by atoms with Crippen LogP contribution in [0.4, 0.5) is 5.69 Å². The monoisotopic (exact) mass is 325 g/mol.